The van der Waals surface area contributed by atoms with Crippen molar-refractivity contribution in [2.24, 2.45) is 0 Å². The molecule has 0 aromatic carbocycles. The number of nitrogens with one attached hydrogen (secondary N) is 2. The molecule has 2 N–H and O–H groups in total. The van der Waals surface area contributed by atoms with Gasteiger partial charge in [-0.2, -0.15) is 0 Å². The van der Waals surface area contributed by atoms with Gasteiger partial charge in [-0.25, -0.2) is 9.97 Å². The van der Waals surface area contributed by atoms with Crippen LogP contribution in [0.3, 0.4) is 0 Å². The highest BCUT2D eigenvalue weighted by Gasteiger charge is 2.39. The van der Waals surface area contributed by atoms with Gasteiger partial charge in [0.2, 0.25) is 5.91 Å². The van der Waals surface area contributed by atoms with Crippen LogP contribution in [0.25, 0.3) is 0 Å². The van der Waals surface area contributed by atoms with E-state index in [2.05, 4.69) is 36.4 Å². The molecule has 0 radical (unpaired) electrons. The molecule has 1 aromatic heterocycles. The van der Waals surface area contributed by atoms with Crippen LogP contribution in [0.4, 0.5) is 5.82 Å². The number of hydrogen-bond donors (Lipinski definition) is 2. The fourth-order valence-corrected chi connectivity index (χ4v) is 4.42. The van der Waals surface area contributed by atoms with E-state index in [4.69, 9.17) is 4.98 Å². The minimum atomic E-state index is -1.04. The topological polar surface area (TPSA) is 84.0 Å². The van der Waals surface area contributed by atoms with Crippen molar-refractivity contribution in [3.05, 3.63) is 11.5 Å². The van der Waals surface area contributed by atoms with Crippen LogP contribution in [0.5, 0.6) is 0 Å². The summed E-state index contributed by atoms with van der Waals surface area (Å²) in [5, 5.41) is 6.44. The van der Waals surface area contributed by atoms with Gasteiger partial charge in [-0.3, -0.25) is 9.00 Å². The van der Waals surface area contributed by atoms with Gasteiger partial charge >= 0.3 is 0 Å². The molecule has 1 aromatic rings. The van der Waals surface area contributed by atoms with Crippen molar-refractivity contribution >= 4 is 22.5 Å². The van der Waals surface area contributed by atoms with Gasteiger partial charge in [0.1, 0.15) is 16.5 Å². The molecule has 0 spiro atoms. The lowest BCUT2D eigenvalue weighted by Crippen LogP contribution is -2.53. The van der Waals surface area contributed by atoms with Crippen molar-refractivity contribution in [3.8, 4) is 0 Å². The molecule has 1 atom stereocenters. The Hall–Kier alpha value is -1.50. The summed E-state index contributed by atoms with van der Waals surface area (Å²) in [7, 11) is -1.04. The SMILES string of the molecule is CC(=O)NCC1(Nc2nc(C(C)(C)C)nc3c2S(=O)CC3)CCC1. The number of aromatic nitrogens is 2. The van der Waals surface area contributed by atoms with E-state index >= 15 is 0 Å². The maximum Gasteiger partial charge on any atom is 0.216 e. The number of nitrogens with zero attached hydrogens (tertiary/aromatic N) is 2. The highest BCUT2D eigenvalue weighted by atomic mass is 32.2. The summed E-state index contributed by atoms with van der Waals surface area (Å²) in [6.45, 7) is 8.35. The molecular formula is C17H26N4O2S. The summed E-state index contributed by atoms with van der Waals surface area (Å²) in [5.41, 5.74) is 0.556. The third-order valence-corrected chi connectivity index (χ3v) is 6.19. The highest BCUT2D eigenvalue weighted by molar-refractivity contribution is 7.85. The van der Waals surface area contributed by atoms with Crippen LogP contribution < -0.4 is 10.6 Å². The van der Waals surface area contributed by atoms with Gasteiger partial charge in [-0.1, -0.05) is 20.8 Å². The molecule has 6 nitrogen and oxygen atoms in total. The molecule has 24 heavy (non-hydrogen) atoms. The Balaban J connectivity index is 1.96. The molecule has 0 bridgehead atoms. The average molecular weight is 350 g/mol. The van der Waals surface area contributed by atoms with Crippen molar-refractivity contribution in [1.29, 1.82) is 0 Å². The third-order valence-electron chi connectivity index (χ3n) is 4.73. The lowest BCUT2D eigenvalue weighted by atomic mass is 9.76. The van der Waals surface area contributed by atoms with Gasteiger partial charge < -0.3 is 10.6 Å². The van der Waals surface area contributed by atoms with Gasteiger partial charge in [0.15, 0.2) is 0 Å². The summed E-state index contributed by atoms with van der Waals surface area (Å²) in [6, 6.07) is 0. The van der Waals surface area contributed by atoms with E-state index in [-0.39, 0.29) is 16.9 Å². The number of fused-ring (bicyclic) bond motifs is 1. The molecule has 1 saturated carbocycles. The normalized spacial score (nSPS) is 21.8. The second-order valence-corrected chi connectivity index (χ2v) is 9.40. The van der Waals surface area contributed by atoms with E-state index in [9.17, 15) is 9.00 Å². The molecule has 1 unspecified atom stereocenters. The van der Waals surface area contributed by atoms with Crippen molar-refractivity contribution in [2.75, 3.05) is 17.6 Å². The maximum atomic E-state index is 12.4. The van der Waals surface area contributed by atoms with Crippen molar-refractivity contribution in [2.45, 2.75) is 69.2 Å². The first-order valence-corrected chi connectivity index (χ1v) is 9.84. The van der Waals surface area contributed by atoms with Crippen molar-refractivity contribution in [1.82, 2.24) is 15.3 Å². The summed E-state index contributed by atoms with van der Waals surface area (Å²) in [5.74, 6) is 2.06. The molecule has 1 aliphatic carbocycles. The largest absolute Gasteiger partial charge is 0.362 e. The maximum absolute atomic E-state index is 12.4. The van der Waals surface area contributed by atoms with Crippen LogP contribution in [0.15, 0.2) is 4.90 Å². The summed E-state index contributed by atoms with van der Waals surface area (Å²) in [4.78, 5) is 21.5. The Labute approximate surface area is 145 Å². The van der Waals surface area contributed by atoms with E-state index in [0.717, 1.165) is 42.1 Å². The third kappa shape index (κ3) is 3.31. The number of carbonyl (C=O) groups excluding carboxylic acids is 1. The standard InChI is InChI=1S/C17H26N4O2S/c1-11(22)18-10-17(7-5-8-17)21-14-13-12(6-9-24(13)23)19-15(20-14)16(2,3)4/h5-10H2,1-4H3,(H,18,22)(H,19,20,21). The smallest absolute Gasteiger partial charge is 0.216 e. The zero-order valence-corrected chi connectivity index (χ0v) is 15.7. The van der Waals surface area contributed by atoms with Gasteiger partial charge in [0.05, 0.1) is 22.0 Å². The first-order valence-electron chi connectivity index (χ1n) is 8.53. The average Bonchev–Trinajstić information content (AvgIpc) is 2.82. The molecule has 2 heterocycles. The zero-order valence-electron chi connectivity index (χ0n) is 14.9. The first kappa shape index (κ1) is 17.3. The molecule has 1 fully saturated rings. The number of rotatable bonds is 4. The number of carbonyl (C=O) groups is 1. The monoisotopic (exact) mass is 350 g/mol. The van der Waals surface area contributed by atoms with E-state index < -0.39 is 10.8 Å². The van der Waals surface area contributed by atoms with E-state index in [1.165, 1.54) is 6.92 Å². The predicted octanol–water partition coefficient (Wildman–Crippen LogP) is 1.91. The Bertz CT molecular complexity index is 693. The minimum Gasteiger partial charge on any atom is -0.362 e. The van der Waals surface area contributed by atoms with Gasteiger partial charge in [-0.15, -0.1) is 0 Å². The number of amides is 1. The lowest BCUT2D eigenvalue weighted by molar-refractivity contribution is -0.119. The Morgan fingerprint density at radius 3 is 2.54 bits per heavy atom. The second kappa shape index (κ2) is 6.10. The summed E-state index contributed by atoms with van der Waals surface area (Å²) >= 11 is 0. The van der Waals surface area contributed by atoms with Crippen LogP contribution in [-0.4, -0.2) is 37.9 Å². The molecular weight excluding hydrogens is 324 g/mol. The van der Waals surface area contributed by atoms with Crippen LogP contribution in [0.2, 0.25) is 0 Å². The molecule has 1 amide bonds. The predicted molar refractivity (Wildman–Crippen MR) is 94.6 cm³/mol. The Kier molecular flexibility index (Phi) is 4.40. The Morgan fingerprint density at radius 1 is 1.29 bits per heavy atom. The molecule has 0 saturated heterocycles. The Morgan fingerprint density at radius 2 is 2.00 bits per heavy atom. The van der Waals surface area contributed by atoms with E-state index in [1.54, 1.807) is 0 Å². The summed E-state index contributed by atoms with van der Waals surface area (Å²) in [6.07, 6.45) is 3.81. The van der Waals surface area contributed by atoms with Crippen LogP contribution in [-0.2, 0) is 27.4 Å². The second-order valence-electron chi connectivity index (χ2n) is 7.89. The fourth-order valence-electron chi connectivity index (χ4n) is 3.11. The summed E-state index contributed by atoms with van der Waals surface area (Å²) < 4.78 is 12.4. The number of anilines is 1. The van der Waals surface area contributed by atoms with Gasteiger partial charge in [0, 0.05) is 31.1 Å². The molecule has 7 heteroatoms. The molecule has 1 aliphatic heterocycles. The number of hydrogen-bond acceptors (Lipinski definition) is 5. The molecule has 132 valence electrons. The van der Waals surface area contributed by atoms with Gasteiger partial charge in [0.25, 0.3) is 0 Å². The van der Waals surface area contributed by atoms with E-state index in [1.807, 2.05) is 0 Å². The lowest BCUT2D eigenvalue weighted by Gasteiger charge is -2.43. The fraction of sp³-hybridized carbons (Fsp3) is 0.706. The number of aryl methyl sites for hydroxylation is 1. The van der Waals surface area contributed by atoms with E-state index in [0.29, 0.717) is 18.1 Å². The first-order chi connectivity index (χ1) is 11.2. The quantitative estimate of drug-likeness (QED) is 0.866. The van der Waals surface area contributed by atoms with Crippen LogP contribution in [0.1, 0.15) is 58.5 Å². The van der Waals surface area contributed by atoms with Crippen molar-refractivity contribution in [3.63, 3.8) is 0 Å². The van der Waals surface area contributed by atoms with Gasteiger partial charge in [-0.05, 0) is 19.3 Å². The van der Waals surface area contributed by atoms with Crippen LogP contribution >= 0.6 is 0 Å². The molecule has 2 aliphatic rings. The minimum absolute atomic E-state index is 0.0325. The molecule has 3 rings (SSSR count). The van der Waals surface area contributed by atoms with Crippen molar-refractivity contribution < 1.29 is 9.00 Å². The zero-order chi connectivity index (χ0) is 17.5. The highest BCUT2D eigenvalue weighted by Crippen LogP contribution is 2.38. The van der Waals surface area contributed by atoms with Crippen LogP contribution in [0, 0.1) is 0 Å².